The number of nitrogens with zero attached hydrogens (tertiary/aromatic N) is 2. The first-order chi connectivity index (χ1) is 9.88. The molecule has 1 aromatic heterocycles. The Balaban J connectivity index is 2.29. The standard InChI is InChI=1S/C13H10Cl2N2O4/c1-7(18)8-2-3-12(16-6-8)21-13-10(14)4-9(17(19)20)5-11(13)15/h2-7,18H,1H3. The van der Waals surface area contributed by atoms with Crippen molar-refractivity contribution in [3.8, 4) is 11.6 Å². The predicted molar refractivity (Wildman–Crippen MR) is 78.1 cm³/mol. The van der Waals surface area contributed by atoms with Gasteiger partial charge in [-0.2, -0.15) is 0 Å². The van der Waals surface area contributed by atoms with Crippen LogP contribution in [0.15, 0.2) is 30.5 Å². The van der Waals surface area contributed by atoms with E-state index in [9.17, 15) is 15.2 Å². The normalized spacial score (nSPS) is 12.0. The van der Waals surface area contributed by atoms with E-state index in [1.54, 1.807) is 13.0 Å². The zero-order valence-corrected chi connectivity index (χ0v) is 12.3. The average molecular weight is 329 g/mol. The maximum absolute atomic E-state index is 10.7. The van der Waals surface area contributed by atoms with Crippen LogP contribution in [0.5, 0.6) is 11.6 Å². The fourth-order valence-electron chi connectivity index (χ4n) is 1.55. The van der Waals surface area contributed by atoms with Crippen molar-refractivity contribution in [2.45, 2.75) is 13.0 Å². The van der Waals surface area contributed by atoms with E-state index in [1.807, 2.05) is 0 Å². The number of halogens is 2. The SMILES string of the molecule is CC(O)c1ccc(Oc2c(Cl)cc([N+](=O)[O-])cc2Cl)nc1. The number of non-ortho nitro benzene ring substituents is 1. The van der Waals surface area contributed by atoms with Crippen molar-refractivity contribution in [2.75, 3.05) is 0 Å². The summed E-state index contributed by atoms with van der Waals surface area (Å²) in [5.41, 5.74) is 0.401. The highest BCUT2D eigenvalue weighted by Gasteiger charge is 2.16. The monoisotopic (exact) mass is 328 g/mol. The molecule has 1 unspecified atom stereocenters. The van der Waals surface area contributed by atoms with Gasteiger partial charge in [-0.15, -0.1) is 0 Å². The third-order valence-electron chi connectivity index (χ3n) is 2.64. The van der Waals surface area contributed by atoms with E-state index in [0.717, 1.165) is 12.1 Å². The molecule has 0 fully saturated rings. The highest BCUT2D eigenvalue weighted by molar-refractivity contribution is 6.37. The number of aliphatic hydroxyl groups excluding tert-OH is 1. The fraction of sp³-hybridized carbons (Fsp3) is 0.154. The Hall–Kier alpha value is -1.89. The number of ether oxygens (including phenoxy) is 1. The van der Waals surface area contributed by atoms with Crippen LogP contribution >= 0.6 is 23.2 Å². The minimum Gasteiger partial charge on any atom is -0.436 e. The molecule has 21 heavy (non-hydrogen) atoms. The number of rotatable bonds is 4. The molecule has 0 radical (unpaired) electrons. The predicted octanol–water partition coefficient (Wildman–Crippen LogP) is 4.14. The molecule has 1 aromatic carbocycles. The summed E-state index contributed by atoms with van der Waals surface area (Å²) in [6.45, 7) is 1.61. The summed E-state index contributed by atoms with van der Waals surface area (Å²) in [5.74, 6) is 0.290. The Morgan fingerprint density at radius 1 is 1.33 bits per heavy atom. The third-order valence-corrected chi connectivity index (χ3v) is 3.20. The number of hydrogen-bond donors (Lipinski definition) is 1. The van der Waals surface area contributed by atoms with Gasteiger partial charge in [0, 0.05) is 24.4 Å². The van der Waals surface area contributed by atoms with E-state index in [1.165, 1.54) is 12.3 Å². The van der Waals surface area contributed by atoms with Gasteiger partial charge in [0.15, 0.2) is 5.75 Å². The van der Waals surface area contributed by atoms with Crippen molar-refractivity contribution in [1.82, 2.24) is 4.98 Å². The summed E-state index contributed by atoms with van der Waals surface area (Å²) in [5, 5.41) is 20.1. The minimum atomic E-state index is -0.641. The quantitative estimate of drug-likeness (QED) is 0.673. The summed E-state index contributed by atoms with van der Waals surface area (Å²) in [7, 11) is 0. The molecule has 0 spiro atoms. The Kier molecular flexibility index (Phi) is 4.62. The zero-order chi connectivity index (χ0) is 15.6. The van der Waals surface area contributed by atoms with Crippen LogP contribution in [-0.4, -0.2) is 15.0 Å². The van der Waals surface area contributed by atoms with Crippen LogP contribution in [0.25, 0.3) is 0 Å². The number of aromatic nitrogens is 1. The lowest BCUT2D eigenvalue weighted by Crippen LogP contribution is -1.95. The molecule has 0 saturated heterocycles. The van der Waals surface area contributed by atoms with Crippen LogP contribution in [-0.2, 0) is 0 Å². The van der Waals surface area contributed by atoms with Gasteiger partial charge < -0.3 is 9.84 Å². The topological polar surface area (TPSA) is 85.5 Å². The molecule has 0 amide bonds. The summed E-state index contributed by atoms with van der Waals surface area (Å²) in [6, 6.07) is 5.47. The first kappa shape index (κ1) is 15.5. The van der Waals surface area contributed by atoms with E-state index in [0.29, 0.717) is 5.56 Å². The molecule has 0 aliphatic carbocycles. The van der Waals surface area contributed by atoms with Crippen LogP contribution in [0, 0.1) is 10.1 Å². The maximum atomic E-state index is 10.7. The molecule has 8 heteroatoms. The number of aliphatic hydroxyl groups is 1. The molecule has 0 aliphatic heterocycles. The number of hydrogen-bond acceptors (Lipinski definition) is 5. The van der Waals surface area contributed by atoms with E-state index in [-0.39, 0.29) is 27.4 Å². The second kappa shape index (κ2) is 6.26. The van der Waals surface area contributed by atoms with Crippen molar-refractivity contribution < 1.29 is 14.8 Å². The van der Waals surface area contributed by atoms with Crippen LogP contribution in [0.1, 0.15) is 18.6 Å². The number of nitro groups is 1. The van der Waals surface area contributed by atoms with Gasteiger partial charge in [-0.25, -0.2) is 4.98 Å². The lowest BCUT2D eigenvalue weighted by Gasteiger charge is -2.09. The highest BCUT2D eigenvalue weighted by Crippen LogP contribution is 2.38. The second-order valence-corrected chi connectivity index (χ2v) is 5.02. The molecule has 2 rings (SSSR count). The number of pyridine rings is 1. The van der Waals surface area contributed by atoms with Crippen LogP contribution in [0.2, 0.25) is 10.0 Å². The molecular weight excluding hydrogens is 319 g/mol. The lowest BCUT2D eigenvalue weighted by molar-refractivity contribution is -0.384. The van der Waals surface area contributed by atoms with Gasteiger partial charge in [0.05, 0.1) is 21.1 Å². The van der Waals surface area contributed by atoms with Crippen molar-refractivity contribution in [2.24, 2.45) is 0 Å². The van der Waals surface area contributed by atoms with E-state index >= 15 is 0 Å². The number of nitro benzene ring substituents is 1. The number of benzene rings is 1. The van der Waals surface area contributed by atoms with E-state index in [2.05, 4.69) is 4.98 Å². The van der Waals surface area contributed by atoms with Gasteiger partial charge in [0.1, 0.15) is 0 Å². The lowest BCUT2D eigenvalue weighted by atomic mass is 10.2. The fourth-order valence-corrected chi connectivity index (χ4v) is 2.11. The van der Waals surface area contributed by atoms with Crippen LogP contribution in [0.4, 0.5) is 5.69 Å². The molecule has 0 bridgehead atoms. The Labute approximate surface area is 130 Å². The molecule has 6 nitrogen and oxygen atoms in total. The summed E-state index contributed by atoms with van der Waals surface area (Å²) in [6.07, 6.45) is 0.811. The third kappa shape index (κ3) is 3.60. The molecule has 1 atom stereocenters. The summed E-state index contributed by atoms with van der Waals surface area (Å²) in [4.78, 5) is 14.1. The molecule has 1 heterocycles. The van der Waals surface area contributed by atoms with Crippen LogP contribution < -0.4 is 4.74 Å². The smallest absolute Gasteiger partial charge is 0.272 e. The minimum absolute atomic E-state index is 0.00982. The molecule has 110 valence electrons. The van der Waals surface area contributed by atoms with Crippen molar-refractivity contribution in [3.63, 3.8) is 0 Å². The second-order valence-electron chi connectivity index (χ2n) is 4.20. The first-order valence-corrected chi connectivity index (χ1v) is 6.59. The van der Waals surface area contributed by atoms with Crippen molar-refractivity contribution in [1.29, 1.82) is 0 Å². The molecule has 0 saturated carbocycles. The first-order valence-electron chi connectivity index (χ1n) is 5.84. The maximum Gasteiger partial charge on any atom is 0.272 e. The molecule has 1 N–H and O–H groups in total. The van der Waals surface area contributed by atoms with E-state index in [4.69, 9.17) is 27.9 Å². The van der Waals surface area contributed by atoms with Gasteiger partial charge in [0.2, 0.25) is 5.88 Å². The Bertz CT molecular complexity index is 651. The van der Waals surface area contributed by atoms with Gasteiger partial charge in [-0.1, -0.05) is 23.2 Å². The highest BCUT2D eigenvalue weighted by atomic mass is 35.5. The molecule has 2 aromatic rings. The van der Waals surface area contributed by atoms with Gasteiger partial charge >= 0.3 is 0 Å². The van der Waals surface area contributed by atoms with Gasteiger partial charge in [0.25, 0.3) is 5.69 Å². The molecule has 0 aliphatic rings. The van der Waals surface area contributed by atoms with Crippen molar-refractivity contribution in [3.05, 3.63) is 56.2 Å². The summed E-state index contributed by atoms with van der Waals surface area (Å²) >= 11 is 11.9. The Morgan fingerprint density at radius 3 is 2.38 bits per heavy atom. The Morgan fingerprint density at radius 2 is 1.95 bits per heavy atom. The van der Waals surface area contributed by atoms with Gasteiger partial charge in [-0.3, -0.25) is 10.1 Å². The van der Waals surface area contributed by atoms with E-state index < -0.39 is 11.0 Å². The average Bonchev–Trinajstić information content (AvgIpc) is 2.43. The zero-order valence-electron chi connectivity index (χ0n) is 10.8. The summed E-state index contributed by atoms with van der Waals surface area (Å²) < 4.78 is 5.43. The van der Waals surface area contributed by atoms with Crippen LogP contribution in [0.3, 0.4) is 0 Å². The molecular formula is C13H10Cl2N2O4. The van der Waals surface area contributed by atoms with Crippen molar-refractivity contribution >= 4 is 28.9 Å². The largest absolute Gasteiger partial charge is 0.436 e. The van der Waals surface area contributed by atoms with Gasteiger partial charge in [-0.05, 0) is 18.6 Å².